The van der Waals surface area contributed by atoms with Crippen molar-refractivity contribution in [3.8, 4) is 11.5 Å². The van der Waals surface area contributed by atoms with Crippen LogP contribution in [0.1, 0.15) is 10.4 Å². The average Bonchev–Trinajstić information content (AvgIpc) is 2.70. The summed E-state index contributed by atoms with van der Waals surface area (Å²) in [5.74, 6) is 0.224. The van der Waals surface area contributed by atoms with E-state index < -0.39 is 0 Å². The first-order valence-corrected chi connectivity index (χ1v) is 9.55. The molecule has 3 aromatic rings. The lowest BCUT2D eigenvalue weighted by Crippen LogP contribution is -2.32. The fourth-order valence-corrected chi connectivity index (χ4v) is 2.80. The van der Waals surface area contributed by atoms with E-state index in [2.05, 4.69) is 26.6 Å². The number of halogens is 2. The Kier molecular flexibility index (Phi) is 6.68. The third-order valence-electron chi connectivity index (χ3n) is 3.73. The van der Waals surface area contributed by atoms with Crippen LogP contribution in [0.4, 0.5) is 5.69 Å². The zero-order chi connectivity index (χ0) is 19.9. The van der Waals surface area contributed by atoms with Crippen LogP contribution in [0.25, 0.3) is 0 Å². The van der Waals surface area contributed by atoms with Gasteiger partial charge in [0.2, 0.25) is 5.91 Å². The fourth-order valence-electron chi connectivity index (χ4n) is 2.36. The van der Waals surface area contributed by atoms with Gasteiger partial charge in [-0.15, -0.1) is 0 Å². The summed E-state index contributed by atoms with van der Waals surface area (Å²) < 4.78 is 6.68. The molecule has 0 spiro atoms. The quantitative estimate of drug-likeness (QED) is 0.528. The molecule has 5 nitrogen and oxygen atoms in total. The molecular formula is C21H16BrClN2O3. The van der Waals surface area contributed by atoms with Crippen molar-refractivity contribution in [1.29, 1.82) is 0 Å². The Morgan fingerprint density at radius 2 is 1.54 bits per heavy atom. The van der Waals surface area contributed by atoms with Crippen molar-refractivity contribution >= 4 is 45.0 Å². The van der Waals surface area contributed by atoms with Crippen molar-refractivity contribution in [3.05, 3.63) is 87.9 Å². The highest BCUT2D eigenvalue weighted by Gasteiger charge is 2.12. The second-order valence-corrected chi connectivity index (χ2v) is 7.09. The van der Waals surface area contributed by atoms with Gasteiger partial charge in [-0.05, 0) is 48.5 Å². The Bertz CT molecular complexity index is 993. The van der Waals surface area contributed by atoms with Crippen molar-refractivity contribution < 1.29 is 14.3 Å². The number of benzene rings is 3. The first-order chi connectivity index (χ1) is 13.5. The fraction of sp³-hybridized carbons (Fsp3) is 0.0476. The van der Waals surface area contributed by atoms with E-state index in [0.29, 0.717) is 27.8 Å². The summed E-state index contributed by atoms with van der Waals surface area (Å²) >= 11 is 9.43. The van der Waals surface area contributed by atoms with Crippen LogP contribution in [-0.4, -0.2) is 18.4 Å². The van der Waals surface area contributed by atoms with Gasteiger partial charge in [-0.1, -0.05) is 51.8 Å². The maximum atomic E-state index is 12.3. The number of ether oxygens (including phenoxy) is 1. The van der Waals surface area contributed by atoms with Crippen LogP contribution in [0.15, 0.2) is 77.3 Å². The highest BCUT2D eigenvalue weighted by atomic mass is 79.9. The Balaban J connectivity index is 1.62. The minimum atomic E-state index is -0.374. The minimum absolute atomic E-state index is 0.171. The molecule has 0 heterocycles. The average molecular weight is 460 g/mol. The minimum Gasteiger partial charge on any atom is -0.454 e. The predicted molar refractivity (Wildman–Crippen MR) is 113 cm³/mol. The van der Waals surface area contributed by atoms with Gasteiger partial charge in [-0.2, -0.15) is 0 Å². The highest BCUT2D eigenvalue weighted by molar-refractivity contribution is 9.10. The first kappa shape index (κ1) is 19.9. The normalized spacial score (nSPS) is 10.2. The topological polar surface area (TPSA) is 67.4 Å². The van der Waals surface area contributed by atoms with Gasteiger partial charge in [-0.3, -0.25) is 9.59 Å². The van der Waals surface area contributed by atoms with Gasteiger partial charge in [0.1, 0.15) is 5.75 Å². The number of carbonyl (C=O) groups is 2. The van der Waals surface area contributed by atoms with Gasteiger partial charge in [0.05, 0.1) is 17.3 Å². The molecule has 0 aromatic heterocycles. The van der Waals surface area contributed by atoms with Gasteiger partial charge in [0, 0.05) is 10.0 Å². The largest absolute Gasteiger partial charge is 0.454 e. The monoisotopic (exact) mass is 458 g/mol. The van der Waals surface area contributed by atoms with Crippen LogP contribution in [0.3, 0.4) is 0 Å². The summed E-state index contributed by atoms with van der Waals surface area (Å²) in [6.45, 7) is -0.171. The summed E-state index contributed by atoms with van der Waals surface area (Å²) in [7, 11) is 0. The maximum absolute atomic E-state index is 12.3. The number of para-hydroxylation sites is 3. The standard InChI is InChI=1S/C21H16BrClN2O3/c22-15-11-9-14(10-12-15)21(27)24-13-20(26)25-17-6-2-4-8-19(17)28-18-7-3-1-5-16(18)23/h1-12H,13H2,(H,24,27)(H,25,26). The SMILES string of the molecule is O=C(CNC(=O)c1ccc(Br)cc1)Nc1ccccc1Oc1ccccc1Cl. The lowest BCUT2D eigenvalue weighted by molar-refractivity contribution is -0.115. The summed E-state index contributed by atoms with van der Waals surface area (Å²) in [6.07, 6.45) is 0. The van der Waals surface area contributed by atoms with E-state index in [1.165, 1.54) is 0 Å². The summed E-state index contributed by atoms with van der Waals surface area (Å²) in [5, 5.41) is 5.79. The summed E-state index contributed by atoms with van der Waals surface area (Å²) in [6, 6.07) is 20.9. The lowest BCUT2D eigenvalue weighted by Gasteiger charge is -2.13. The molecule has 0 unspecified atom stereocenters. The van der Waals surface area contributed by atoms with Crippen molar-refractivity contribution in [2.75, 3.05) is 11.9 Å². The van der Waals surface area contributed by atoms with E-state index in [9.17, 15) is 9.59 Å². The number of hydrogen-bond acceptors (Lipinski definition) is 3. The molecule has 0 saturated heterocycles. The molecule has 3 aromatic carbocycles. The Hall–Kier alpha value is -2.83. The van der Waals surface area contributed by atoms with E-state index in [1.54, 1.807) is 72.8 Å². The van der Waals surface area contributed by atoms with E-state index in [0.717, 1.165) is 4.47 Å². The molecule has 0 bridgehead atoms. The third kappa shape index (κ3) is 5.34. The Morgan fingerprint density at radius 1 is 0.893 bits per heavy atom. The number of hydrogen-bond donors (Lipinski definition) is 2. The first-order valence-electron chi connectivity index (χ1n) is 8.38. The van der Waals surface area contributed by atoms with Crippen LogP contribution in [0.2, 0.25) is 5.02 Å². The van der Waals surface area contributed by atoms with Gasteiger partial charge in [0.15, 0.2) is 5.75 Å². The van der Waals surface area contributed by atoms with E-state index >= 15 is 0 Å². The number of anilines is 1. The maximum Gasteiger partial charge on any atom is 0.251 e. The Labute approximate surface area is 175 Å². The number of carbonyl (C=O) groups excluding carboxylic acids is 2. The molecule has 0 fully saturated rings. The van der Waals surface area contributed by atoms with Crippen LogP contribution in [0.5, 0.6) is 11.5 Å². The molecule has 142 valence electrons. The van der Waals surface area contributed by atoms with Crippen molar-refractivity contribution in [2.24, 2.45) is 0 Å². The molecule has 0 aliphatic carbocycles. The molecule has 2 N–H and O–H groups in total. The molecule has 2 amide bonds. The van der Waals surface area contributed by atoms with Gasteiger partial charge >= 0.3 is 0 Å². The molecule has 0 atom stereocenters. The molecular weight excluding hydrogens is 444 g/mol. The van der Waals surface area contributed by atoms with Gasteiger partial charge < -0.3 is 15.4 Å². The molecule has 0 aliphatic heterocycles. The zero-order valence-corrected chi connectivity index (χ0v) is 17.0. The van der Waals surface area contributed by atoms with E-state index in [4.69, 9.17) is 16.3 Å². The number of amides is 2. The number of nitrogens with one attached hydrogen (secondary N) is 2. The van der Waals surface area contributed by atoms with Crippen LogP contribution in [0, 0.1) is 0 Å². The van der Waals surface area contributed by atoms with Crippen molar-refractivity contribution in [3.63, 3.8) is 0 Å². The third-order valence-corrected chi connectivity index (χ3v) is 4.57. The van der Waals surface area contributed by atoms with Crippen LogP contribution < -0.4 is 15.4 Å². The molecule has 7 heteroatoms. The molecule has 3 rings (SSSR count). The number of rotatable bonds is 6. The van der Waals surface area contributed by atoms with Gasteiger partial charge in [-0.25, -0.2) is 0 Å². The van der Waals surface area contributed by atoms with Crippen molar-refractivity contribution in [2.45, 2.75) is 0 Å². The molecule has 0 radical (unpaired) electrons. The van der Waals surface area contributed by atoms with E-state index in [-0.39, 0.29) is 18.4 Å². The second-order valence-electron chi connectivity index (χ2n) is 5.77. The summed E-state index contributed by atoms with van der Waals surface area (Å²) in [5.41, 5.74) is 0.948. The van der Waals surface area contributed by atoms with Crippen LogP contribution >= 0.6 is 27.5 Å². The lowest BCUT2D eigenvalue weighted by atomic mass is 10.2. The smallest absolute Gasteiger partial charge is 0.251 e. The van der Waals surface area contributed by atoms with Crippen LogP contribution in [-0.2, 0) is 4.79 Å². The zero-order valence-electron chi connectivity index (χ0n) is 14.6. The molecule has 28 heavy (non-hydrogen) atoms. The predicted octanol–water partition coefficient (Wildman–Crippen LogP) is 5.26. The Morgan fingerprint density at radius 3 is 2.25 bits per heavy atom. The van der Waals surface area contributed by atoms with Gasteiger partial charge in [0.25, 0.3) is 5.91 Å². The van der Waals surface area contributed by atoms with E-state index in [1.807, 2.05) is 0 Å². The van der Waals surface area contributed by atoms with Crippen molar-refractivity contribution in [1.82, 2.24) is 5.32 Å². The highest BCUT2D eigenvalue weighted by Crippen LogP contribution is 2.33. The summed E-state index contributed by atoms with van der Waals surface area (Å²) in [4.78, 5) is 24.4. The second kappa shape index (κ2) is 9.39. The molecule has 0 saturated carbocycles. The molecule has 0 aliphatic rings.